The fourth-order valence-corrected chi connectivity index (χ4v) is 3.09. The van der Waals surface area contributed by atoms with Crippen LogP contribution in [0.1, 0.15) is 56.2 Å². The largest absolute Gasteiger partial charge is 0.198 e. The predicted octanol–water partition coefficient (Wildman–Crippen LogP) is 4.96. The Bertz CT molecular complexity index is 495. The molecular weight excluding hydrogens is 230 g/mol. The summed E-state index contributed by atoms with van der Waals surface area (Å²) >= 11 is 0. The maximum atomic E-state index is 9.68. The second kappa shape index (κ2) is 5.00. The molecule has 0 aromatic heterocycles. The first-order valence-electron chi connectivity index (χ1n) is 7.33. The van der Waals surface area contributed by atoms with E-state index in [2.05, 4.69) is 52.0 Å². The average Bonchev–Trinajstić information content (AvgIpc) is 2.37. The molecule has 0 heterocycles. The van der Waals surface area contributed by atoms with Crippen molar-refractivity contribution in [1.82, 2.24) is 0 Å². The number of nitrogens with zero attached hydrogens (tertiary/aromatic N) is 1. The molecule has 0 amide bonds. The van der Waals surface area contributed by atoms with E-state index in [9.17, 15) is 5.26 Å². The minimum atomic E-state index is -0.131. The van der Waals surface area contributed by atoms with E-state index in [0.717, 1.165) is 19.3 Å². The third-order valence-corrected chi connectivity index (χ3v) is 4.83. The molecule has 1 aliphatic rings. The van der Waals surface area contributed by atoms with Gasteiger partial charge in [-0.05, 0) is 62.5 Å². The predicted molar refractivity (Wildman–Crippen MR) is 79.9 cm³/mol. The molecular formula is C18H25N. The summed E-state index contributed by atoms with van der Waals surface area (Å²) in [5.74, 6) is 0. The lowest BCUT2D eigenvalue weighted by atomic mass is 9.63. The zero-order valence-electron chi connectivity index (χ0n) is 12.7. The molecule has 2 rings (SSSR count). The Morgan fingerprint density at radius 2 is 1.74 bits per heavy atom. The molecule has 0 N–H and O–H groups in total. The maximum Gasteiger partial charge on any atom is 0.0693 e. The van der Waals surface area contributed by atoms with Gasteiger partial charge in [-0.25, -0.2) is 0 Å². The van der Waals surface area contributed by atoms with Gasteiger partial charge in [-0.2, -0.15) is 5.26 Å². The summed E-state index contributed by atoms with van der Waals surface area (Å²) in [5.41, 5.74) is 4.27. The molecule has 0 aliphatic heterocycles. The van der Waals surface area contributed by atoms with Gasteiger partial charge in [0, 0.05) is 0 Å². The fraction of sp³-hybridized carbons (Fsp3) is 0.611. The van der Waals surface area contributed by atoms with Gasteiger partial charge >= 0.3 is 0 Å². The normalized spacial score (nSPS) is 20.8. The smallest absolute Gasteiger partial charge is 0.0693 e. The van der Waals surface area contributed by atoms with Crippen LogP contribution < -0.4 is 0 Å². The van der Waals surface area contributed by atoms with Crippen molar-refractivity contribution in [1.29, 1.82) is 5.26 Å². The van der Waals surface area contributed by atoms with Crippen LogP contribution >= 0.6 is 0 Å². The van der Waals surface area contributed by atoms with Crippen LogP contribution in [0.3, 0.4) is 0 Å². The number of hydrogen-bond acceptors (Lipinski definition) is 1. The van der Waals surface area contributed by atoms with Crippen molar-refractivity contribution in [2.24, 2.45) is 10.8 Å². The number of benzene rings is 1. The number of hydrogen-bond donors (Lipinski definition) is 0. The first-order valence-corrected chi connectivity index (χ1v) is 7.33. The van der Waals surface area contributed by atoms with Gasteiger partial charge in [0.15, 0.2) is 0 Å². The molecule has 1 heteroatoms. The second-order valence-corrected chi connectivity index (χ2v) is 7.16. The van der Waals surface area contributed by atoms with Gasteiger partial charge in [-0.15, -0.1) is 0 Å². The molecule has 1 aromatic rings. The van der Waals surface area contributed by atoms with E-state index in [1.54, 1.807) is 0 Å². The summed E-state index contributed by atoms with van der Waals surface area (Å²) in [7, 11) is 0. The Balaban J connectivity index is 2.21. The van der Waals surface area contributed by atoms with Crippen LogP contribution in [0.15, 0.2) is 18.2 Å². The molecule has 1 saturated carbocycles. The molecule has 0 radical (unpaired) electrons. The lowest BCUT2D eigenvalue weighted by molar-refractivity contribution is 0.146. The van der Waals surface area contributed by atoms with Gasteiger partial charge < -0.3 is 0 Å². The van der Waals surface area contributed by atoms with Gasteiger partial charge in [0.1, 0.15) is 0 Å². The lowest BCUT2D eigenvalue weighted by Crippen LogP contribution is -2.32. The van der Waals surface area contributed by atoms with Gasteiger partial charge in [0.2, 0.25) is 0 Å². The molecule has 0 unspecified atom stereocenters. The maximum absolute atomic E-state index is 9.68. The van der Waals surface area contributed by atoms with E-state index >= 15 is 0 Å². The highest BCUT2D eigenvalue weighted by molar-refractivity contribution is 5.32. The minimum absolute atomic E-state index is 0.131. The first-order chi connectivity index (χ1) is 8.86. The zero-order valence-corrected chi connectivity index (χ0v) is 12.7. The van der Waals surface area contributed by atoms with E-state index in [1.165, 1.54) is 29.5 Å². The van der Waals surface area contributed by atoms with Crippen molar-refractivity contribution < 1.29 is 0 Å². The first kappa shape index (κ1) is 14.1. The van der Waals surface area contributed by atoms with Crippen LogP contribution in [0.4, 0.5) is 0 Å². The molecule has 0 bridgehead atoms. The monoisotopic (exact) mass is 255 g/mol. The zero-order chi connectivity index (χ0) is 14.1. The van der Waals surface area contributed by atoms with Crippen molar-refractivity contribution in [3.63, 3.8) is 0 Å². The summed E-state index contributed by atoms with van der Waals surface area (Å²) in [4.78, 5) is 0. The van der Waals surface area contributed by atoms with Gasteiger partial charge in [-0.1, -0.05) is 37.6 Å². The molecule has 102 valence electrons. The van der Waals surface area contributed by atoms with Crippen LogP contribution in [0.5, 0.6) is 0 Å². The van der Waals surface area contributed by atoms with Gasteiger partial charge in [0.25, 0.3) is 0 Å². The van der Waals surface area contributed by atoms with E-state index < -0.39 is 0 Å². The van der Waals surface area contributed by atoms with Crippen molar-refractivity contribution in [2.75, 3.05) is 0 Å². The van der Waals surface area contributed by atoms with Crippen LogP contribution in [-0.4, -0.2) is 0 Å². The van der Waals surface area contributed by atoms with Crippen molar-refractivity contribution >= 4 is 0 Å². The van der Waals surface area contributed by atoms with Crippen LogP contribution in [0.2, 0.25) is 0 Å². The Hall–Kier alpha value is -1.29. The molecule has 0 atom stereocenters. The minimum Gasteiger partial charge on any atom is -0.198 e. The SMILES string of the molecule is Cc1ccc(C)c(CC2(C#N)CCC(C)(C)CC2)c1. The summed E-state index contributed by atoms with van der Waals surface area (Å²) in [6.45, 7) is 8.94. The third-order valence-electron chi connectivity index (χ3n) is 4.83. The lowest BCUT2D eigenvalue weighted by Gasteiger charge is -2.39. The Morgan fingerprint density at radius 3 is 2.32 bits per heavy atom. The molecule has 1 aliphatic carbocycles. The molecule has 1 aromatic carbocycles. The summed E-state index contributed by atoms with van der Waals surface area (Å²) in [6, 6.07) is 9.25. The Labute approximate surface area is 117 Å². The fourth-order valence-electron chi connectivity index (χ4n) is 3.09. The van der Waals surface area contributed by atoms with E-state index in [1.807, 2.05) is 0 Å². The highest BCUT2D eigenvalue weighted by atomic mass is 14.4. The van der Waals surface area contributed by atoms with Gasteiger partial charge in [0.05, 0.1) is 11.5 Å². The Kier molecular flexibility index (Phi) is 3.72. The van der Waals surface area contributed by atoms with E-state index in [4.69, 9.17) is 0 Å². The highest BCUT2D eigenvalue weighted by Gasteiger charge is 2.38. The summed E-state index contributed by atoms with van der Waals surface area (Å²) in [5, 5.41) is 9.68. The molecule has 1 fully saturated rings. The van der Waals surface area contributed by atoms with Crippen LogP contribution in [-0.2, 0) is 6.42 Å². The van der Waals surface area contributed by atoms with E-state index in [-0.39, 0.29) is 5.41 Å². The van der Waals surface area contributed by atoms with Crippen LogP contribution in [0, 0.1) is 36.0 Å². The molecule has 0 spiro atoms. The third kappa shape index (κ3) is 3.18. The van der Waals surface area contributed by atoms with Crippen molar-refractivity contribution in [3.05, 3.63) is 34.9 Å². The number of rotatable bonds is 2. The van der Waals surface area contributed by atoms with Crippen molar-refractivity contribution in [2.45, 2.75) is 59.8 Å². The summed E-state index contributed by atoms with van der Waals surface area (Å²) < 4.78 is 0. The van der Waals surface area contributed by atoms with E-state index in [0.29, 0.717) is 5.41 Å². The quantitative estimate of drug-likeness (QED) is 0.733. The molecule has 0 saturated heterocycles. The molecule has 19 heavy (non-hydrogen) atoms. The standard InChI is InChI=1S/C18H25N/c1-14-5-6-15(2)16(11-14)12-18(13-19)9-7-17(3,4)8-10-18/h5-6,11H,7-10,12H2,1-4H3. The topological polar surface area (TPSA) is 23.8 Å². The second-order valence-electron chi connectivity index (χ2n) is 7.16. The number of aryl methyl sites for hydroxylation is 2. The molecule has 1 nitrogen and oxygen atoms in total. The highest BCUT2D eigenvalue weighted by Crippen LogP contribution is 2.46. The summed E-state index contributed by atoms with van der Waals surface area (Å²) in [6.07, 6.45) is 5.36. The van der Waals surface area contributed by atoms with Crippen LogP contribution in [0.25, 0.3) is 0 Å². The Morgan fingerprint density at radius 1 is 1.11 bits per heavy atom. The van der Waals surface area contributed by atoms with Crippen molar-refractivity contribution in [3.8, 4) is 6.07 Å². The number of nitriles is 1. The average molecular weight is 255 g/mol. The van der Waals surface area contributed by atoms with Gasteiger partial charge in [-0.3, -0.25) is 0 Å².